The second kappa shape index (κ2) is 5.78. The average Bonchev–Trinajstić information content (AvgIpc) is 2.75. The van der Waals surface area contributed by atoms with Crippen LogP contribution in [0, 0.1) is 0 Å². The predicted molar refractivity (Wildman–Crippen MR) is 74.2 cm³/mol. The van der Waals surface area contributed by atoms with Crippen molar-refractivity contribution < 1.29 is 14.7 Å². The largest absolute Gasteiger partial charge is 0.396 e. The van der Waals surface area contributed by atoms with E-state index in [2.05, 4.69) is 10.3 Å². The number of rotatable bonds is 6. The number of urea groups is 1. The zero-order valence-corrected chi connectivity index (χ0v) is 12.0. The van der Waals surface area contributed by atoms with E-state index in [0.29, 0.717) is 6.42 Å². The minimum atomic E-state index is -0.790. The summed E-state index contributed by atoms with van der Waals surface area (Å²) < 4.78 is 0. The Morgan fingerprint density at radius 1 is 1.30 bits per heavy atom. The summed E-state index contributed by atoms with van der Waals surface area (Å²) in [6, 6.07) is -0.400. The van der Waals surface area contributed by atoms with Gasteiger partial charge in [-0.2, -0.15) is 0 Å². The number of hydrogen-bond acceptors (Lipinski definition) is 5. The van der Waals surface area contributed by atoms with Crippen molar-refractivity contribution in [3.63, 3.8) is 0 Å². The Hall–Kier alpha value is -1.63. The van der Waals surface area contributed by atoms with Gasteiger partial charge >= 0.3 is 6.03 Å². The maximum atomic E-state index is 12.4. The molecule has 0 aliphatic carbocycles. The second-order valence-corrected chi connectivity index (χ2v) is 5.43. The molecule has 0 saturated carbocycles. The van der Waals surface area contributed by atoms with Crippen molar-refractivity contribution in [1.82, 2.24) is 15.1 Å². The van der Waals surface area contributed by atoms with E-state index in [1.54, 1.807) is 13.4 Å². The summed E-state index contributed by atoms with van der Waals surface area (Å²) >= 11 is 0. The van der Waals surface area contributed by atoms with E-state index in [1.807, 2.05) is 11.9 Å². The Bertz CT molecular complexity index is 426. The van der Waals surface area contributed by atoms with Crippen molar-refractivity contribution >= 4 is 18.3 Å². The fourth-order valence-electron chi connectivity index (χ4n) is 2.95. The summed E-state index contributed by atoms with van der Waals surface area (Å²) in [7, 11) is 3.48. The van der Waals surface area contributed by atoms with Gasteiger partial charge in [0.05, 0.1) is 6.34 Å². The lowest BCUT2D eigenvalue weighted by atomic mass is 9.85. The van der Waals surface area contributed by atoms with Crippen LogP contribution in [0.5, 0.6) is 0 Å². The molecule has 1 fully saturated rings. The molecule has 2 aliphatic heterocycles. The summed E-state index contributed by atoms with van der Waals surface area (Å²) in [5.74, 6) is -0.271. The number of fused-ring (bicyclic) bond motifs is 1. The van der Waals surface area contributed by atoms with Crippen LogP contribution in [0.2, 0.25) is 0 Å². The molecule has 0 aromatic rings. The molecule has 2 rings (SSSR count). The van der Waals surface area contributed by atoms with Crippen LogP contribution >= 0.6 is 0 Å². The molecule has 2 N–H and O–H groups in total. The lowest BCUT2D eigenvalue weighted by Gasteiger charge is -2.45. The van der Waals surface area contributed by atoms with Crippen LogP contribution in [-0.4, -0.2) is 65.6 Å². The number of hydrogen-bond donors (Lipinski definition) is 2. The standard InChI is InChI=1S/C13H22N4O3/c1-16-9-14-10-13(16,7-5-3-4-6-8-18)11(19)15-12(20)17(10)2/h9-10,18H,3-8H2,1-2H3,(H,15,19,20). The van der Waals surface area contributed by atoms with E-state index in [4.69, 9.17) is 5.11 Å². The number of carbonyl (C=O) groups is 2. The lowest BCUT2D eigenvalue weighted by molar-refractivity contribution is -0.134. The molecule has 2 unspecified atom stereocenters. The van der Waals surface area contributed by atoms with E-state index >= 15 is 0 Å². The van der Waals surface area contributed by atoms with E-state index < -0.39 is 17.7 Å². The normalized spacial score (nSPS) is 28.9. The third-order valence-corrected chi connectivity index (χ3v) is 4.20. The number of amides is 3. The van der Waals surface area contributed by atoms with Gasteiger partial charge in [-0.1, -0.05) is 19.3 Å². The highest BCUT2D eigenvalue weighted by molar-refractivity contribution is 6.04. The fraction of sp³-hybridized carbons (Fsp3) is 0.769. The molecule has 0 bridgehead atoms. The molecule has 0 radical (unpaired) electrons. The number of aliphatic hydroxyl groups excluding tert-OH is 1. The Morgan fingerprint density at radius 2 is 2.00 bits per heavy atom. The van der Waals surface area contributed by atoms with Crippen LogP contribution in [0.3, 0.4) is 0 Å². The Morgan fingerprint density at radius 3 is 2.70 bits per heavy atom. The van der Waals surface area contributed by atoms with Crippen molar-refractivity contribution in [2.75, 3.05) is 20.7 Å². The number of carbonyl (C=O) groups excluding carboxylic acids is 2. The third kappa shape index (κ3) is 2.26. The van der Waals surface area contributed by atoms with Crippen LogP contribution in [-0.2, 0) is 4.79 Å². The molecular formula is C13H22N4O3. The zero-order chi connectivity index (χ0) is 14.8. The van der Waals surface area contributed by atoms with Crippen molar-refractivity contribution in [3.8, 4) is 0 Å². The minimum absolute atomic E-state index is 0.203. The topological polar surface area (TPSA) is 85.2 Å². The first kappa shape index (κ1) is 14.8. The first-order valence-electron chi connectivity index (χ1n) is 6.99. The van der Waals surface area contributed by atoms with Crippen LogP contribution < -0.4 is 5.32 Å². The van der Waals surface area contributed by atoms with Crippen LogP contribution in [0.25, 0.3) is 0 Å². The van der Waals surface area contributed by atoms with Crippen molar-refractivity contribution in [3.05, 3.63) is 0 Å². The number of nitrogens with one attached hydrogen (secondary N) is 1. The van der Waals surface area contributed by atoms with Gasteiger partial charge in [0, 0.05) is 20.7 Å². The fourth-order valence-corrected chi connectivity index (χ4v) is 2.95. The number of aliphatic imine (C=N–C) groups is 1. The van der Waals surface area contributed by atoms with Gasteiger partial charge < -0.3 is 14.9 Å². The van der Waals surface area contributed by atoms with Crippen LogP contribution in [0.4, 0.5) is 4.79 Å². The van der Waals surface area contributed by atoms with Gasteiger partial charge in [-0.05, 0) is 12.8 Å². The summed E-state index contributed by atoms with van der Waals surface area (Å²) in [5.41, 5.74) is -0.790. The number of aliphatic hydroxyl groups is 1. The predicted octanol–water partition coefficient (Wildman–Crippen LogP) is 0.149. The number of likely N-dealkylation sites (N-methyl/N-ethyl adjacent to an activating group) is 2. The Kier molecular flexibility index (Phi) is 4.27. The summed E-state index contributed by atoms with van der Waals surface area (Å²) in [6.45, 7) is 0.203. The van der Waals surface area contributed by atoms with Crippen molar-refractivity contribution in [2.24, 2.45) is 4.99 Å². The highest BCUT2D eigenvalue weighted by atomic mass is 16.3. The average molecular weight is 282 g/mol. The van der Waals surface area contributed by atoms with Crippen LogP contribution in [0.1, 0.15) is 32.1 Å². The molecule has 0 spiro atoms. The molecule has 7 nitrogen and oxygen atoms in total. The number of unbranched alkanes of at least 4 members (excludes halogenated alkanes) is 3. The first-order valence-corrected chi connectivity index (χ1v) is 6.99. The Labute approximate surface area is 118 Å². The van der Waals surface area contributed by atoms with Gasteiger partial charge in [-0.25, -0.2) is 9.79 Å². The molecular weight excluding hydrogens is 260 g/mol. The summed E-state index contributed by atoms with van der Waals surface area (Å²) in [5, 5.41) is 11.2. The molecule has 2 aliphatic rings. The summed E-state index contributed by atoms with van der Waals surface area (Å²) in [4.78, 5) is 31.7. The van der Waals surface area contributed by atoms with Gasteiger partial charge in [-0.3, -0.25) is 10.1 Å². The van der Waals surface area contributed by atoms with E-state index in [0.717, 1.165) is 25.7 Å². The highest BCUT2D eigenvalue weighted by Gasteiger charge is 2.57. The van der Waals surface area contributed by atoms with E-state index in [9.17, 15) is 9.59 Å². The van der Waals surface area contributed by atoms with Gasteiger partial charge in [0.15, 0.2) is 11.7 Å². The minimum Gasteiger partial charge on any atom is -0.396 e. The van der Waals surface area contributed by atoms with Gasteiger partial charge in [0.1, 0.15) is 0 Å². The van der Waals surface area contributed by atoms with Gasteiger partial charge in [0.25, 0.3) is 5.91 Å². The monoisotopic (exact) mass is 282 g/mol. The summed E-state index contributed by atoms with van der Waals surface area (Å²) in [6.07, 6.45) is 5.36. The maximum absolute atomic E-state index is 12.4. The molecule has 3 amide bonds. The number of imide groups is 1. The van der Waals surface area contributed by atoms with E-state index in [-0.39, 0.29) is 12.5 Å². The van der Waals surface area contributed by atoms with Gasteiger partial charge in [0.2, 0.25) is 0 Å². The molecule has 0 aromatic heterocycles. The first-order chi connectivity index (χ1) is 9.54. The highest BCUT2D eigenvalue weighted by Crippen LogP contribution is 2.35. The smallest absolute Gasteiger partial charge is 0.325 e. The van der Waals surface area contributed by atoms with Crippen molar-refractivity contribution in [1.29, 1.82) is 0 Å². The molecule has 2 atom stereocenters. The molecule has 1 saturated heterocycles. The third-order valence-electron chi connectivity index (χ3n) is 4.20. The van der Waals surface area contributed by atoms with E-state index in [1.165, 1.54) is 4.90 Å². The second-order valence-electron chi connectivity index (χ2n) is 5.43. The molecule has 2 heterocycles. The molecule has 7 heteroatoms. The lowest BCUT2D eigenvalue weighted by Crippen LogP contribution is -2.71. The molecule has 0 aromatic carbocycles. The SMILES string of the molecule is CN1C(=O)NC(=O)C2(CCCCCCO)C1N=CN2C. The molecule has 20 heavy (non-hydrogen) atoms. The Balaban J connectivity index is 2.08. The molecule has 112 valence electrons. The van der Waals surface area contributed by atoms with Gasteiger partial charge in [-0.15, -0.1) is 0 Å². The van der Waals surface area contributed by atoms with Crippen LogP contribution in [0.15, 0.2) is 4.99 Å². The zero-order valence-electron chi connectivity index (χ0n) is 12.0. The quantitative estimate of drug-likeness (QED) is 0.679. The number of nitrogens with zero attached hydrogens (tertiary/aromatic N) is 3. The van der Waals surface area contributed by atoms with Crippen molar-refractivity contribution in [2.45, 2.75) is 43.8 Å². The maximum Gasteiger partial charge on any atom is 0.325 e.